The molecule has 1 aromatic carbocycles. The van der Waals surface area contributed by atoms with E-state index in [1.807, 2.05) is 0 Å². The summed E-state index contributed by atoms with van der Waals surface area (Å²) >= 11 is 0. The number of benzene rings is 1. The zero-order valence-electron chi connectivity index (χ0n) is 12.2. The number of carbonyl (C=O) groups excluding carboxylic acids is 1. The Morgan fingerprint density at radius 1 is 1.18 bits per heavy atom. The minimum atomic E-state index is -0.302. The van der Waals surface area contributed by atoms with E-state index in [0.29, 0.717) is 11.4 Å². The number of carbonyl (C=O) groups is 1. The lowest BCUT2D eigenvalue weighted by Crippen LogP contribution is -2.40. The van der Waals surface area contributed by atoms with Crippen molar-refractivity contribution in [2.24, 2.45) is 5.73 Å². The van der Waals surface area contributed by atoms with Crippen LogP contribution in [0.4, 0.5) is 4.39 Å². The number of hydrogen-bond acceptors (Lipinski definition) is 3. The van der Waals surface area contributed by atoms with E-state index >= 15 is 0 Å². The molecule has 1 fully saturated rings. The monoisotopic (exact) mass is 302 g/mol. The first-order valence-electron chi connectivity index (χ1n) is 7.50. The topological polar surface area (TPSA) is 72.9 Å². The number of nitrogens with zero attached hydrogens (tertiary/aromatic N) is 2. The summed E-state index contributed by atoms with van der Waals surface area (Å²) in [6, 6.07) is 8.05. The maximum Gasteiger partial charge on any atom is 0.272 e. The molecule has 0 spiro atoms. The highest BCUT2D eigenvalue weighted by Crippen LogP contribution is 2.17. The van der Waals surface area contributed by atoms with Crippen molar-refractivity contribution in [3.05, 3.63) is 48.0 Å². The van der Waals surface area contributed by atoms with Crippen molar-refractivity contribution in [2.75, 3.05) is 0 Å². The van der Waals surface area contributed by atoms with E-state index in [1.54, 1.807) is 29.1 Å². The summed E-state index contributed by atoms with van der Waals surface area (Å²) in [6.07, 6.45) is 5.39. The number of nitrogens with two attached hydrogens (primary N) is 1. The predicted molar refractivity (Wildman–Crippen MR) is 81.2 cm³/mol. The third-order valence-electron chi connectivity index (χ3n) is 4.02. The van der Waals surface area contributed by atoms with Crippen LogP contribution in [0.5, 0.6) is 0 Å². The van der Waals surface area contributed by atoms with Crippen LogP contribution in [0, 0.1) is 5.82 Å². The van der Waals surface area contributed by atoms with Gasteiger partial charge in [-0.3, -0.25) is 4.79 Å². The van der Waals surface area contributed by atoms with Crippen molar-refractivity contribution >= 4 is 5.91 Å². The number of rotatable bonds is 3. The molecule has 1 amide bonds. The van der Waals surface area contributed by atoms with Gasteiger partial charge in [-0.2, -0.15) is 5.10 Å². The highest BCUT2D eigenvalue weighted by atomic mass is 19.1. The van der Waals surface area contributed by atoms with E-state index < -0.39 is 0 Å². The van der Waals surface area contributed by atoms with Crippen LogP contribution in [-0.2, 0) is 0 Å². The first-order valence-corrected chi connectivity index (χ1v) is 7.50. The zero-order chi connectivity index (χ0) is 15.5. The van der Waals surface area contributed by atoms with Gasteiger partial charge in [-0.1, -0.05) is 0 Å². The Labute approximate surface area is 128 Å². The fourth-order valence-corrected chi connectivity index (χ4v) is 2.71. The lowest BCUT2D eigenvalue weighted by molar-refractivity contribution is 0.0920. The predicted octanol–water partition coefficient (Wildman–Crippen LogP) is 2.01. The molecule has 1 aliphatic rings. The molecule has 0 aliphatic heterocycles. The van der Waals surface area contributed by atoms with E-state index in [2.05, 4.69) is 10.4 Å². The smallest absolute Gasteiger partial charge is 0.272 e. The quantitative estimate of drug-likeness (QED) is 0.911. The molecular weight excluding hydrogens is 283 g/mol. The molecule has 3 N–H and O–H groups in total. The molecule has 3 rings (SSSR count). The van der Waals surface area contributed by atoms with Crippen LogP contribution in [-0.4, -0.2) is 27.8 Å². The van der Waals surface area contributed by atoms with Crippen LogP contribution in [0.25, 0.3) is 5.69 Å². The Balaban J connectivity index is 1.65. The van der Waals surface area contributed by atoms with Gasteiger partial charge in [-0.15, -0.1) is 0 Å². The van der Waals surface area contributed by atoms with Gasteiger partial charge >= 0.3 is 0 Å². The second kappa shape index (κ2) is 6.27. The van der Waals surface area contributed by atoms with Crippen molar-refractivity contribution < 1.29 is 9.18 Å². The largest absolute Gasteiger partial charge is 0.348 e. The molecule has 6 heteroatoms. The second-order valence-electron chi connectivity index (χ2n) is 5.71. The molecule has 0 atom stereocenters. The van der Waals surface area contributed by atoms with E-state index in [0.717, 1.165) is 25.7 Å². The van der Waals surface area contributed by atoms with E-state index in [-0.39, 0.29) is 23.8 Å². The van der Waals surface area contributed by atoms with Gasteiger partial charge in [0, 0.05) is 18.3 Å². The minimum Gasteiger partial charge on any atom is -0.348 e. The fourth-order valence-electron chi connectivity index (χ4n) is 2.71. The highest BCUT2D eigenvalue weighted by molar-refractivity contribution is 5.92. The van der Waals surface area contributed by atoms with Gasteiger partial charge in [-0.25, -0.2) is 9.07 Å². The number of halogens is 1. The van der Waals surface area contributed by atoms with Crippen molar-refractivity contribution in [1.29, 1.82) is 0 Å². The molecule has 1 aromatic heterocycles. The van der Waals surface area contributed by atoms with Gasteiger partial charge in [0.15, 0.2) is 5.69 Å². The molecule has 0 bridgehead atoms. The summed E-state index contributed by atoms with van der Waals surface area (Å²) in [4.78, 5) is 12.2. The van der Waals surface area contributed by atoms with E-state index in [4.69, 9.17) is 5.73 Å². The minimum absolute atomic E-state index is 0.170. The van der Waals surface area contributed by atoms with E-state index in [9.17, 15) is 9.18 Å². The summed E-state index contributed by atoms with van der Waals surface area (Å²) in [5, 5.41) is 7.25. The number of aromatic nitrogens is 2. The number of amides is 1. The Morgan fingerprint density at radius 3 is 2.55 bits per heavy atom. The second-order valence-corrected chi connectivity index (χ2v) is 5.71. The Bertz CT molecular complexity index is 644. The molecular formula is C16H19FN4O. The van der Waals surface area contributed by atoms with Gasteiger partial charge in [-0.05, 0) is 56.0 Å². The van der Waals surface area contributed by atoms with Crippen molar-refractivity contribution in [3.63, 3.8) is 0 Å². The molecule has 2 aromatic rings. The lowest BCUT2D eigenvalue weighted by Gasteiger charge is -2.26. The zero-order valence-corrected chi connectivity index (χ0v) is 12.2. The van der Waals surface area contributed by atoms with Gasteiger partial charge in [0.2, 0.25) is 0 Å². The Morgan fingerprint density at radius 2 is 1.86 bits per heavy atom. The molecule has 116 valence electrons. The molecule has 1 saturated carbocycles. The maximum atomic E-state index is 12.9. The van der Waals surface area contributed by atoms with Gasteiger partial charge in [0.05, 0.1) is 5.69 Å². The molecule has 0 unspecified atom stereocenters. The summed E-state index contributed by atoms with van der Waals surface area (Å²) in [7, 11) is 0. The molecule has 5 nitrogen and oxygen atoms in total. The third kappa shape index (κ3) is 3.33. The molecule has 1 heterocycles. The highest BCUT2D eigenvalue weighted by Gasteiger charge is 2.21. The van der Waals surface area contributed by atoms with Crippen LogP contribution in [0.2, 0.25) is 0 Å². The van der Waals surface area contributed by atoms with Crippen molar-refractivity contribution in [1.82, 2.24) is 15.1 Å². The molecule has 1 aliphatic carbocycles. The van der Waals surface area contributed by atoms with Gasteiger partial charge in [0.25, 0.3) is 5.91 Å². The third-order valence-corrected chi connectivity index (χ3v) is 4.02. The Hall–Kier alpha value is -2.21. The Kier molecular flexibility index (Phi) is 4.20. The summed E-state index contributed by atoms with van der Waals surface area (Å²) in [5.41, 5.74) is 6.93. The normalized spacial score (nSPS) is 21.5. The van der Waals surface area contributed by atoms with Crippen LogP contribution in [0.15, 0.2) is 36.5 Å². The summed E-state index contributed by atoms with van der Waals surface area (Å²) in [5.74, 6) is -0.481. The maximum absolute atomic E-state index is 12.9. The average molecular weight is 302 g/mol. The van der Waals surface area contributed by atoms with Crippen LogP contribution in [0.1, 0.15) is 36.2 Å². The average Bonchev–Trinajstić information content (AvgIpc) is 3.00. The van der Waals surface area contributed by atoms with Crippen LogP contribution >= 0.6 is 0 Å². The number of nitrogens with one attached hydrogen (secondary N) is 1. The summed E-state index contributed by atoms with van der Waals surface area (Å²) in [6.45, 7) is 0. The fraction of sp³-hybridized carbons (Fsp3) is 0.375. The lowest BCUT2D eigenvalue weighted by atomic mass is 9.92. The first-order chi connectivity index (χ1) is 10.6. The van der Waals surface area contributed by atoms with Crippen LogP contribution < -0.4 is 11.1 Å². The van der Waals surface area contributed by atoms with Crippen LogP contribution in [0.3, 0.4) is 0 Å². The molecule has 0 radical (unpaired) electrons. The summed E-state index contributed by atoms with van der Waals surface area (Å²) < 4.78 is 14.5. The molecule has 0 saturated heterocycles. The van der Waals surface area contributed by atoms with Crippen molar-refractivity contribution in [2.45, 2.75) is 37.8 Å². The molecule has 22 heavy (non-hydrogen) atoms. The van der Waals surface area contributed by atoms with Crippen molar-refractivity contribution in [3.8, 4) is 5.69 Å². The van der Waals surface area contributed by atoms with Gasteiger partial charge < -0.3 is 11.1 Å². The van der Waals surface area contributed by atoms with E-state index in [1.165, 1.54) is 12.1 Å². The SMILES string of the molecule is NC1CCC(NC(=O)c2ccn(-c3ccc(F)cc3)n2)CC1. The standard InChI is InChI=1S/C16H19FN4O/c17-11-1-7-14(8-2-11)21-10-9-15(20-21)16(22)19-13-5-3-12(18)4-6-13/h1-2,7-10,12-13H,3-6,18H2,(H,19,22). The first kappa shape index (κ1) is 14.7. The number of hydrogen-bond donors (Lipinski definition) is 2. The van der Waals surface area contributed by atoms with Gasteiger partial charge in [0.1, 0.15) is 5.82 Å².